The van der Waals surface area contributed by atoms with Gasteiger partial charge in [-0.1, -0.05) is 43.4 Å². The normalized spacial score (nSPS) is 10.7. The molecule has 2 N–H and O–H groups in total. The van der Waals surface area contributed by atoms with Crippen LogP contribution < -0.4 is 10.6 Å². The van der Waals surface area contributed by atoms with Gasteiger partial charge in [-0.3, -0.25) is 4.79 Å². The number of rotatable bonds is 4. The summed E-state index contributed by atoms with van der Waals surface area (Å²) < 4.78 is 0. The second-order valence-electron chi connectivity index (χ2n) is 4.81. The molecule has 20 heavy (non-hydrogen) atoms. The number of aryl methyl sites for hydroxylation is 1. The standard InChI is InChI=1S/C14H18N4OS/c1-8(2)10-7-5-6-9(3)11(10)16-12(19)13-17-18-14(15-4)20-13/h5-8H,1-4H3,(H,15,18)(H,16,19). The summed E-state index contributed by atoms with van der Waals surface area (Å²) in [6, 6.07) is 6.03. The van der Waals surface area contributed by atoms with Crippen LogP contribution in [0.5, 0.6) is 0 Å². The van der Waals surface area contributed by atoms with Gasteiger partial charge in [0.05, 0.1) is 0 Å². The van der Waals surface area contributed by atoms with Gasteiger partial charge in [0, 0.05) is 12.7 Å². The number of benzene rings is 1. The van der Waals surface area contributed by atoms with Gasteiger partial charge in [0.2, 0.25) is 10.1 Å². The maximum atomic E-state index is 12.2. The lowest BCUT2D eigenvalue weighted by Gasteiger charge is -2.15. The average molecular weight is 290 g/mol. The summed E-state index contributed by atoms with van der Waals surface area (Å²) in [5.41, 5.74) is 3.04. The van der Waals surface area contributed by atoms with E-state index in [1.165, 1.54) is 11.3 Å². The van der Waals surface area contributed by atoms with Crippen molar-refractivity contribution in [2.45, 2.75) is 26.7 Å². The molecule has 0 bridgehead atoms. The summed E-state index contributed by atoms with van der Waals surface area (Å²) in [5.74, 6) is 0.118. The number of nitrogens with one attached hydrogen (secondary N) is 2. The van der Waals surface area contributed by atoms with Crippen LogP contribution in [0.4, 0.5) is 10.8 Å². The second kappa shape index (κ2) is 6.00. The van der Waals surface area contributed by atoms with Gasteiger partial charge < -0.3 is 10.6 Å². The maximum Gasteiger partial charge on any atom is 0.286 e. The van der Waals surface area contributed by atoms with Crippen molar-refractivity contribution in [2.24, 2.45) is 0 Å². The Hall–Kier alpha value is -1.95. The molecule has 1 aromatic carbocycles. The molecule has 0 saturated heterocycles. The van der Waals surface area contributed by atoms with Crippen LogP contribution in [0.25, 0.3) is 0 Å². The number of amides is 1. The predicted molar refractivity (Wildman–Crippen MR) is 82.7 cm³/mol. The van der Waals surface area contributed by atoms with Crippen molar-refractivity contribution in [3.05, 3.63) is 34.3 Å². The highest BCUT2D eigenvalue weighted by molar-refractivity contribution is 7.17. The fourth-order valence-electron chi connectivity index (χ4n) is 1.93. The average Bonchev–Trinajstić information content (AvgIpc) is 2.89. The van der Waals surface area contributed by atoms with Crippen molar-refractivity contribution < 1.29 is 4.79 Å². The minimum Gasteiger partial charge on any atom is -0.363 e. The molecule has 2 rings (SSSR count). The van der Waals surface area contributed by atoms with E-state index in [0.717, 1.165) is 16.8 Å². The Morgan fingerprint density at radius 1 is 1.30 bits per heavy atom. The zero-order chi connectivity index (χ0) is 14.7. The van der Waals surface area contributed by atoms with Crippen LogP contribution in [0.15, 0.2) is 18.2 Å². The minimum absolute atomic E-state index is 0.222. The van der Waals surface area contributed by atoms with Gasteiger partial charge in [-0.15, -0.1) is 10.2 Å². The van der Waals surface area contributed by atoms with E-state index in [9.17, 15) is 4.79 Å². The molecule has 1 heterocycles. The van der Waals surface area contributed by atoms with Crippen molar-refractivity contribution in [1.29, 1.82) is 0 Å². The number of para-hydroxylation sites is 1. The number of carbonyl (C=O) groups is 1. The van der Waals surface area contributed by atoms with Gasteiger partial charge >= 0.3 is 0 Å². The van der Waals surface area contributed by atoms with E-state index in [-0.39, 0.29) is 5.91 Å². The smallest absolute Gasteiger partial charge is 0.286 e. The van der Waals surface area contributed by atoms with Crippen molar-refractivity contribution in [2.75, 3.05) is 17.7 Å². The Balaban J connectivity index is 2.27. The molecule has 0 aliphatic heterocycles. The van der Waals surface area contributed by atoms with E-state index in [0.29, 0.717) is 16.1 Å². The van der Waals surface area contributed by atoms with Crippen molar-refractivity contribution in [3.63, 3.8) is 0 Å². The fourth-order valence-corrected chi connectivity index (χ4v) is 2.52. The number of hydrogen-bond acceptors (Lipinski definition) is 5. The summed E-state index contributed by atoms with van der Waals surface area (Å²) >= 11 is 1.23. The highest BCUT2D eigenvalue weighted by Crippen LogP contribution is 2.28. The second-order valence-corrected chi connectivity index (χ2v) is 5.79. The lowest BCUT2D eigenvalue weighted by atomic mass is 9.98. The molecule has 0 radical (unpaired) electrons. The predicted octanol–water partition coefficient (Wildman–Crippen LogP) is 3.26. The van der Waals surface area contributed by atoms with Crippen molar-refractivity contribution in [3.8, 4) is 0 Å². The lowest BCUT2D eigenvalue weighted by molar-refractivity contribution is 0.102. The van der Waals surface area contributed by atoms with E-state index < -0.39 is 0 Å². The maximum absolute atomic E-state index is 12.2. The largest absolute Gasteiger partial charge is 0.363 e. The van der Waals surface area contributed by atoms with Crippen LogP contribution in [0.1, 0.15) is 40.7 Å². The topological polar surface area (TPSA) is 66.9 Å². The van der Waals surface area contributed by atoms with Crippen molar-refractivity contribution in [1.82, 2.24) is 10.2 Å². The molecule has 0 atom stereocenters. The monoisotopic (exact) mass is 290 g/mol. The Morgan fingerprint density at radius 3 is 2.65 bits per heavy atom. The zero-order valence-corrected chi connectivity index (χ0v) is 12.8. The molecule has 0 aliphatic rings. The lowest BCUT2D eigenvalue weighted by Crippen LogP contribution is -2.14. The van der Waals surface area contributed by atoms with Crippen LogP contribution in [0, 0.1) is 6.92 Å². The molecule has 0 spiro atoms. The van der Waals surface area contributed by atoms with E-state index in [1.807, 2.05) is 25.1 Å². The van der Waals surface area contributed by atoms with E-state index in [1.54, 1.807) is 7.05 Å². The number of carbonyl (C=O) groups excluding carboxylic acids is 1. The Morgan fingerprint density at radius 2 is 2.05 bits per heavy atom. The molecule has 106 valence electrons. The highest BCUT2D eigenvalue weighted by atomic mass is 32.1. The summed E-state index contributed by atoms with van der Waals surface area (Å²) in [4.78, 5) is 12.2. The van der Waals surface area contributed by atoms with Crippen LogP contribution in [0.2, 0.25) is 0 Å². The van der Waals surface area contributed by atoms with Crippen molar-refractivity contribution >= 4 is 28.1 Å². The molecule has 6 heteroatoms. The minimum atomic E-state index is -0.222. The molecule has 2 aromatic rings. The Bertz CT molecular complexity index is 621. The number of hydrogen-bond donors (Lipinski definition) is 2. The molecule has 5 nitrogen and oxygen atoms in total. The summed E-state index contributed by atoms with van der Waals surface area (Å²) in [6.45, 7) is 6.20. The molecular weight excluding hydrogens is 272 g/mol. The van der Waals surface area contributed by atoms with Gasteiger partial charge in [0.25, 0.3) is 5.91 Å². The third-order valence-corrected chi connectivity index (χ3v) is 3.94. The van der Waals surface area contributed by atoms with Crippen LogP contribution in [-0.2, 0) is 0 Å². The highest BCUT2D eigenvalue weighted by Gasteiger charge is 2.16. The first-order chi connectivity index (χ1) is 9.52. The van der Waals surface area contributed by atoms with Gasteiger partial charge in [-0.05, 0) is 24.0 Å². The number of anilines is 2. The third kappa shape index (κ3) is 2.96. The van der Waals surface area contributed by atoms with Crippen LogP contribution in [-0.4, -0.2) is 23.2 Å². The molecular formula is C14H18N4OS. The number of nitrogens with zero attached hydrogens (tertiary/aromatic N) is 2. The Kier molecular flexibility index (Phi) is 4.34. The Labute approximate surface area is 122 Å². The van der Waals surface area contributed by atoms with Crippen LogP contribution in [0.3, 0.4) is 0 Å². The first kappa shape index (κ1) is 14.5. The summed E-state index contributed by atoms with van der Waals surface area (Å²) in [7, 11) is 1.75. The molecule has 0 unspecified atom stereocenters. The quantitative estimate of drug-likeness (QED) is 0.907. The van der Waals surface area contributed by atoms with Crippen LogP contribution >= 0.6 is 11.3 Å². The van der Waals surface area contributed by atoms with Gasteiger partial charge in [-0.2, -0.15) is 0 Å². The zero-order valence-electron chi connectivity index (χ0n) is 12.0. The number of aromatic nitrogens is 2. The molecule has 0 fully saturated rings. The van der Waals surface area contributed by atoms with Gasteiger partial charge in [-0.25, -0.2) is 0 Å². The third-order valence-electron chi connectivity index (χ3n) is 3.00. The fraction of sp³-hybridized carbons (Fsp3) is 0.357. The van der Waals surface area contributed by atoms with E-state index in [2.05, 4.69) is 34.7 Å². The van der Waals surface area contributed by atoms with Gasteiger partial charge in [0.15, 0.2) is 0 Å². The summed E-state index contributed by atoms with van der Waals surface area (Å²) in [6.07, 6.45) is 0. The van der Waals surface area contributed by atoms with Gasteiger partial charge in [0.1, 0.15) is 0 Å². The van der Waals surface area contributed by atoms with E-state index in [4.69, 9.17) is 0 Å². The first-order valence-electron chi connectivity index (χ1n) is 6.45. The molecule has 1 aromatic heterocycles. The molecule has 0 aliphatic carbocycles. The SMILES string of the molecule is CNc1nnc(C(=O)Nc2c(C)cccc2C(C)C)s1. The first-order valence-corrected chi connectivity index (χ1v) is 7.26. The molecule has 0 saturated carbocycles. The summed E-state index contributed by atoms with van der Waals surface area (Å²) in [5, 5.41) is 14.6. The van der Waals surface area contributed by atoms with E-state index >= 15 is 0 Å². The molecule has 1 amide bonds.